The van der Waals surface area contributed by atoms with Crippen molar-refractivity contribution in [2.75, 3.05) is 11.9 Å². The molecule has 1 rings (SSSR count). The number of anilines is 1. The van der Waals surface area contributed by atoms with Crippen molar-refractivity contribution < 1.29 is 18.6 Å². The molecule has 0 aliphatic carbocycles. The van der Waals surface area contributed by atoms with E-state index in [9.17, 15) is 14.4 Å². The first-order valence-electron chi connectivity index (χ1n) is 5.91. The highest BCUT2D eigenvalue weighted by atomic mass is 32.2. The lowest BCUT2D eigenvalue weighted by molar-refractivity contribution is -0.123. The predicted octanol–water partition coefficient (Wildman–Crippen LogP) is 3.12. The van der Waals surface area contributed by atoms with Crippen LogP contribution in [-0.4, -0.2) is 28.0 Å². The topological polar surface area (TPSA) is 72.5 Å². The highest BCUT2D eigenvalue weighted by molar-refractivity contribution is 8.37. The number of nitrogens with one attached hydrogen (secondary N) is 1. The van der Waals surface area contributed by atoms with Crippen molar-refractivity contribution in [2.45, 2.75) is 19.1 Å². The molecular formula is C13H15NO4S2. The van der Waals surface area contributed by atoms with Gasteiger partial charge in [0.25, 0.3) is 4.45 Å². The summed E-state index contributed by atoms with van der Waals surface area (Å²) in [5.74, 6) is -0.895. The lowest BCUT2D eigenvalue weighted by Gasteiger charge is -2.12. The van der Waals surface area contributed by atoms with Crippen molar-refractivity contribution >= 4 is 45.6 Å². The van der Waals surface area contributed by atoms with E-state index in [-0.39, 0.29) is 5.78 Å². The minimum absolute atomic E-state index is 0.373. The van der Waals surface area contributed by atoms with E-state index in [0.29, 0.717) is 36.1 Å². The van der Waals surface area contributed by atoms with Crippen LogP contribution in [0.15, 0.2) is 30.3 Å². The summed E-state index contributed by atoms with van der Waals surface area (Å²) in [6, 6.07) is 8.76. The van der Waals surface area contributed by atoms with Crippen molar-refractivity contribution in [3.05, 3.63) is 30.3 Å². The summed E-state index contributed by atoms with van der Waals surface area (Å²) < 4.78 is 4.46. The van der Waals surface area contributed by atoms with Gasteiger partial charge >= 0.3 is 0 Å². The molecule has 5 nitrogen and oxygen atoms in total. The second-order valence-electron chi connectivity index (χ2n) is 3.70. The summed E-state index contributed by atoms with van der Waals surface area (Å²) >= 11 is 1.30. The van der Waals surface area contributed by atoms with Gasteiger partial charge in [-0.05, 0) is 26.0 Å². The van der Waals surface area contributed by atoms with E-state index in [2.05, 4.69) is 5.32 Å². The van der Waals surface area contributed by atoms with Crippen LogP contribution in [0.25, 0.3) is 0 Å². The molecule has 0 bridgehead atoms. The van der Waals surface area contributed by atoms with Crippen molar-refractivity contribution in [2.24, 2.45) is 0 Å². The third kappa shape index (κ3) is 5.77. The predicted molar refractivity (Wildman–Crippen MR) is 81.7 cm³/mol. The first kappa shape index (κ1) is 16.7. The van der Waals surface area contributed by atoms with Gasteiger partial charge in [0.15, 0.2) is 11.0 Å². The summed E-state index contributed by atoms with van der Waals surface area (Å²) in [6.07, 6.45) is 0. The molecule has 1 amide bonds. The third-order valence-corrected chi connectivity index (χ3v) is 4.06. The van der Waals surface area contributed by atoms with Gasteiger partial charge in [-0.3, -0.25) is 14.4 Å². The molecule has 20 heavy (non-hydrogen) atoms. The van der Waals surface area contributed by atoms with Crippen molar-refractivity contribution in [1.29, 1.82) is 0 Å². The first-order chi connectivity index (χ1) is 9.54. The molecule has 0 heterocycles. The Labute approximate surface area is 126 Å². The van der Waals surface area contributed by atoms with Gasteiger partial charge in [0.2, 0.25) is 5.91 Å². The van der Waals surface area contributed by atoms with E-state index in [1.807, 2.05) is 6.07 Å². The molecule has 0 radical (unpaired) electrons. The fourth-order valence-electron chi connectivity index (χ4n) is 1.27. The molecule has 108 valence electrons. The van der Waals surface area contributed by atoms with Crippen LogP contribution in [-0.2, 0) is 13.8 Å². The van der Waals surface area contributed by atoms with Crippen LogP contribution in [0.3, 0.4) is 0 Å². The van der Waals surface area contributed by atoms with Crippen molar-refractivity contribution in [1.82, 2.24) is 0 Å². The quantitative estimate of drug-likeness (QED) is 0.642. The van der Waals surface area contributed by atoms with Gasteiger partial charge in [0.1, 0.15) is 0 Å². The second-order valence-corrected chi connectivity index (χ2v) is 5.81. The number of para-hydroxylation sites is 1. The van der Waals surface area contributed by atoms with Gasteiger partial charge in [-0.15, -0.1) is 0 Å². The Hall–Kier alpha value is -1.31. The van der Waals surface area contributed by atoms with E-state index in [1.54, 1.807) is 31.2 Å². The number of Topliss-reactive ketones (excluding diaryl/α,β-unsaturated/α-hetero) is 1. The number of hydrogen-bond donors (Lipinski definition) is 1. The first-order valence-corrected chi connectivity index (χ1v) is 7.53. The van der Waals surface area contributed by atoms with Crippen LogP contribution in [0, 0.1) is 0 Å². The molecule has 0 saturated carbocycles. The maximum absolute atomic E-state index is 12.0. The molecule has 0 fully saturated rings. The number of ketones is 1. The summed E-state index contributed by atoms with van der Waals surface area (Å²) in [6.45, 7) is 3.40. The van der Waals surface area contributed by atoms with E-state index < -0.39 is 15.6 Å². The Morgan fingerprint density at radius 1 is 1.25 bits per heavy atom. The molecular weight excluding hydrogens is 298 g/mol. The fourth-order valence-corrected chi connectivity index (χ4v) is 2.60. The van der Waals surface area contributed by atoms with E-state index in [4.69, 9.17) is 4.18 Å². The van der Waals surface area contributed by atoms with Gasteiger partial charge < -0.3 is 9.50 Å². The van der Waals surface area contributed by atoms with Gasteiger partial charge in [0, 0.05) is 5.69 Å². The number of hydrogen-bond acceptors (Lipinski definition) is 6. The molecule has 1 atom stereocenters. The molecule has 1 N–H and O–H groups in total. The van der Waals surface area contributed by atoms with Crippen molar-refractivity contribution in [3.63, 3.8) is 0 Å². The molecule has 1 aromatic rings. The largest absolute Gasteiger partial charge is 0.325 e. The Morgan fingerprint density at radius 3 is 2.45 bits per heavy atom. The van der Waals surface area contributed by atoms with Gasteiger partial charge in [-0.2, -0.15) is 0 Å². The van der Waals surface area contributed by atoms with E-state index in [0.717, 1.165) is 0 Å². The number of thioether (sulfide) groups is 1. The fraction of sp³-hybridized carbons (Fsp3) is 0.308. The zero-order valence-corrected chi connectivity index (χ0v) is 12.8. The Kier molecular flexibility index (Phi) is 7.35. The number of carbonyl (C=O) groups excluding carboxylic acids is 3. The number of carbonyl (C=O) groups is 3. The molecule has 7 heteroatoms. The van der Waals surface area contributed by atoms with Gasteiger partial charge in [-0.1, -0.05) is 30.0 Å². The zero-order chi connectivity index (χ0) is 15.0. The van der Waals surface area contributed by atoms with Gasteiger partial charge in [0.05, 0.1) is 18.6 Å². The smallest absolute Gasteiger partial charge is 0.274 e. The molecule has 0 aliphatic heterocycles. The van der Waals surface area contributed by atoms with Crippen LogP contribution in [0.1, 0.15) is 13.8 Å². The SMILES string of the molecule is CCOSC(=O)SC(C(C)=O)C(=O)Nc1ccccc1. The molecule has 0 spiro atoms. The lowest BCUT2D eigenvalue weighted by atomic mass is 10.2. The summed E-state index contributed by atoms with van der Waals surface area (Å²) in [4.78, 5) is 35.1. The van der Waals surface area contributed by atoms with Crippen molar-refractivity contribution in [3.8, 4) is 0 Å². The maximum Gasteiger partial charge on any atom is 0.274 e. The zero-order valence-electron chi connectivity index (χ0n) is 11.1. The number of rotatable bonds is 6. The van der Waals surface area contributed by atoms with E-state index in [1.165, 1.54) is 6.92 Å². The molecule has 0 saturated heterocycles. The van der Waals surface area contributed by atoms with Crippen LogP contribution >= 0.6 is 23.8 Å². The highest BCUT2D eigenvalue weighted by Gasteiger charge is 2.27. The third-order valence-electron chi connectivity index (χ3n) is 2.11. The number of benzene rings is 1. The highest BCUT2D eigenvalue weighted by Crippen LogP contribution is 2.24. The average molecular weight is 313 g/mol. The maximum atomic E-state index is 12.0. The average Bonchev–Trinajstić information content (AvgIpc) is 2.43. The standard InChI is InChI=1S/C13H15NO4S2/c1-3-18-20-13(17)19-11(9(2)15)12(16)14-10-7-5-4-6-8-10/h4-8,11H,3H2,1-2H3,(H,14,16). The minimum Gasteiger partial charge on any atom is -0.325 e. The van der Waals surface area contributed by atoms with Crippen LogP contribution in [0.2, 0.25) is 0 Å². The van der Waals surface area contributed by atoms with Crippen LogP contribution in [0.4, 0.5) is 10.5 Å². The van der Waals surface area contributed by atoms with E-state index >= 15 is 0 Å². The van der Waals surface area contributed by atoms with Gasteiger partial charge in [-0.25, -0.2) is 0 Å². The molecule has 0 aliphatic rings. The minimum atomic E-state index is -1.07. The number of amides is 1. The van der Waals surface area contributed by atoms with Crippen LogP contribution < -0.4 is 5.32 Å². The summed E-state index contributed by atoms with van der Waals surface area (Å²) in [5.41, 5.74) is 0.578. The summed E-state index contributed by atoms with van der Waals surface area (Å²) in [5, 5.41) is 1.53. The Balaban J connectivity index is 2.64. The lowest BCUT2D eigenvalue weighted by Crippen LogP contribution is -2.31. The molecule has 1 unspecified atom stereocenters. The second kappa shape index (κ2) is 8.78. The normalized spacial score (nSPS) is 11.7. The Morgan fingerprint density at radius 2 is 1.90 bits per heavy atom. The molecule has 0 aromatic heterocycles. The van der Waals surface area contributed by atoms with Crippen LogP contribution in [0.5, 0.6) is 0 Å². The molecule has 1 aromatic carbocycles. The Bertz CT molecular complexity index is 479. The monoisotopic (exact) mass is 313 g/mol. The summed E-state index contributed by atoms with van der Waals surface area (Å²) in [7, 11) is 0.